The van der Waals surface area contributed by atoms with Crippen LogP contribution in [0.25, 0.3) is 0 Å². The largest absolute Gasteiger partial charge is 0.462 e. The first-order valence-electron chi connectivity index (χ1n) is 6.43. The molecule has 0 aliphatic carbocycles. The predicted octanol–water partition coefficient (Wildman–Crippen LogP) is 1.87. The minimum atomic E-state index is -0.430. The number of amidine groups is 1. The first kappa shape index (κ1) is 16.2. The Morgan fingerprint density at radius 3 is 2.95 bits per heavy atom. The van der Waals surface area contributed by atoms with Crippen LogP contribution in [0.15, 0.2) is 29.4 Å². The third kappa shape index (κ3) is 5.32. The Kier molecular flexibility index (Phi) is 6.41. The predicted molar refractivity (Wildman–Crippen MR) is 80.2 cm³/mol. The molecule has 0 fully saturated rings. The van der Waals surface area contributed by atoms with E-state index in [0.717, 1.165) is 12.8 Å². The van der Waals surface area contributed by atoms with Gasteiger partial charge in [-0.05, 0) is 24.6 Å². The van der Waals surface area contributed by atoms with E-state index in [4.69, 9.17) is 21.1 Å². The van der Waals surface area contributed by atoms with Gasteiger partial charge >= 0.3 is 5.97 Å². The van der Waals surface area contributed by atoms with Crippen LogP contribution in [0.1, 0.15) is 30.1 Å². The molecule has 1 aromatic carbocycles. The summed E-state index contributed by atoms with van der Waals surface area (Å²) in [6.45, 7) is 2.40. The molecule has 0 radical (unpaired) electrons. The van der Waals surface area contributed by atoms with Gasteiger partial charge in [-0.15, -0.1) is 0 Å². The SMILES string of the molecule is CCCCOC(=O)c1cccc(N/N=C(\C#N)C(=N)N)c1. The number of hydrazone groups is 1. The Hall–Kier alpha value is -2.88. The van der Waals surface area contributed by atoms with E-state index in [-0.39, 0.29) is 5.71 Å². The van der Waals surface area contributed by atoms with Gasteiger partial charge in [-0.25, -0.2) is 4.79 Å². The van der Waals surface area contributed by atoms with Crippen molar-refractivity contribution in [3.63, 3.8) is 0 Å². The molecule has 0 bridgehead atoms. The third-order valence-corrected chi connectivity index (χ3v) is 2.49. The molecule has 0 spiro atoms. The van der Waals surface area contributed by atoms with Gasteiger partial charge in [0.15, 0.2) is 5.84 Å². The van der Waals surface area contributed by atoms with Crippen LogP contribution in [0.2, 0.25) is 0 Å². The molecule has 7 nitrogen and oxygen atoms in total. The summed E-state index contributed by atoms with van der Waals surface area (Å²) in [6, 6.07) is 8.19. The third-order valence-electron chi connectivity index (χ3n) is 2.49. The van der Waals surface area contributed by atoms with E-state index in [1.165, 1.54) is 0 Å². The number of nitriles is 1. The van der Waals surface area contributed by atoms with Crippen molar-refractivity contribution in [2.24, 2.45) is 10.8 Å². The number of anilines is 1. The van der Waals surface area contributed by atoms with Crippen molar-refractivity contribution in [1.82, 2.24) is 0 Å². The van der Waals surface area contributed by atoms with Crippen LogP contribution in [0, 0.1) is 16.7 Å². The highest BCUT2D eigenvalue weighted by atomic mass is 16.5. The summed E-state index contributed by atoms with van der Waals surface area (Å²) in [6.07, 6.45) is 1.77. The van der Waals surface area contributed by atoms with Crippen molar-refractivity contribution >= 4 is 23.2 Å². The number of hydrogen-bond donors (Lipinski definition) is 3. The smallest absolute Gasteiger partial charge is 0.338 e. The van der Waals surface area contributed by atoms with Crippen LogP contribution in [-0.2, 0) is 4.74 Å². The number of carbonyl (C=O) groups is 1. The average Bonchev–Trinajstić information content (AvgIpc) is 2.48. The Labute approximate surface area is 122 Å². The van der Waals surface area contributed by atoms with Gasteiger partial charge in [0.05, 0.1) is 17.9 Å². The maximum atomic E-state index is 11.8. The number of hydrogen-bond acceptors (Lipinski definition) is 6. The Morgan fingerprint density at radius 2 is 2.33 bits per heavy atom. The van der Waals surface area contributed by atoms with Crippen LogP contribution >= 0.6 is 0 Å². The molecule has 0 aliphatic rings. The molecule has 0 amide bonds. The fraction of sp³-hybridized carbons (Fsp3) is 0.286. The lowest BCUT2D eigenvalue weighted by Crippen LogP contribution is -2.21. The van der Waals surface area contributed by atoms with Crippen LogP contribution in [-0.4, -0.2) is 24.1 Å². The lowest BCUT2D eigenvalue weighted by atomic mass is 10.2. The highest BCUT2D eigenvalue weighted by Crippen LogP contribution is 2.12. The summed E-state index contributed by atoms with van der Waals surface area (Å²) in [5.74, 6) is -0.844. The van der Waals surface area contributed by atoms with Crippen LogP contribution in [0.4, 0.5) is 5.69 Å². The normalized spacial score (nSPS) is 10.6. The van der Waals surface area contributed by atoms with E-state index in [1.807, 2.05) is 6.92 Å². The lowest BCUT2D eigenvalue weighted by Gasteiger charge is -2.06. The molecule has 110 valence electrons. The van der Waals surface area contributed by atoms with Crippen molar-refractivity contribution in [2.45, 2.75) is 19.8 Å². The molecule has 0 aliphatic heterocycles. The quantitative estimate of drug-likeness (QED) is 0.232. The molecule has 4 N–H and O–H groups in total. The number of unbranched alkanes of at least 4 members (excludes halogenated alkanes) is 1. The Balaban J connectivity index is 2.75. The Bertz CT molecular complexity index is 589. The van der Waals surface area contributed by atoms with Gasteiger partial charge in [0.2, 0.25) is 5.71 Å². The minimum absolute atomic E-state index is 0.231. The number of rotatable bonds is 7. The van der Waals surface area contributed by atoms with E-state index in [0.29, 0.717) is 17.9 Å². The molecule has 0 unspecified atom stereocenters. The number of nitrogens with zero attached hydrogens (tertiary/aromatic N) is 2. The molecule has 1 aromatic rings. The van der Waals surface area contributed by atoms with Crippen molar-refractivity contribution in [2.75, 3.05) is 12.0 Å². The number of benzene rings is 1. The lowest BCUT2D eigenvalue weighted by molar-refractivity contribution is 0.0500. The van der Waals surface area contributed by atoms with Crippen molar-refractivity contribution in [3.05, 3.63) is 29.8 Å². The van der Waals surface area contributed by atoms with Gasteiger partial charge in [-0.3, -0.25) is 10.8 Å². The topological polar surface area (TPSA) is 124 Å². The molecule has 21 heavy (non-hydrogen) atoms. The van der Waals surface area contributed by atoms with Gasteiger partial charge in [-0.2, -0.15) is 10.4 Å². The van der Waals surface area contributed by atoms with E-state index < -0.39 is 11.8 Å². The van der Waals surface area contributed by atoms with Crippen molar-refractivity contribution in [1.29, 1.82) is 10.7 Å². The highest BCUT2D eigenvalue weighted by molar-refractivity contribution is 6.45. The summed E-state index contributed by atoms with van der Waals surface area (Å²) in [5, 5.41) is 19.5. The van der Waals surface area contributed by atoms with E-state index in [1.54, 1.807) is 30.3 Å². The molecule has 0 heterocycles. The zero-order chi connectivity index (χ0) is 15.7. The van der Waals surface area contributed by atoms with Gasteiger partial charge in [0.1, 0.15) is 6.07 Å². The minimum Gasteiger partial charge on any atom is -0.462 e. The van der Waals surface area contributed by atoms with Gasteiger partial charge in [0.25, 0.3) is 0 Å². The zero-order valence-electron chi connectivity index (χ0n) is 11.7. The van der Waals surface area contributed by atoms with Gasteiger partial charge in [0, 0.05) is 0 Å². The maximum absolute atomic E-state index is 11.8. The first-order valence-corrected chi connectivity index (χ1v) is 6.43. The van der Waals surface area contributed by atoms with E-state index in [2.05, 4.69) is 10.5 Å². The first-order chi connectivity index (χ1) is 10.1. The van der Waals surface area contributed by atoms with E-state index >= 15 is 0 Å². The summed E-state index contributed by atoms with van der Waals surface area (Å²) in [7, 11) is 0. The molecule has 0 atom stereocenters. The molecule has 7 heteroatoms. The fourth-order valence-corrected chi connectivity index (χ4v) is 1.37. The van der Waals surface area contributed by atoms with E-state index in [9.17, 15) is 4.79 Å². The van der Waals surface area contributed by atoms with Gasteiger partial charge < -0.3 is 10.5 Å². The molecular formula is C14H17N5O2. The number of carbonyl (C=O) groups excluding carboxylic acids is 1. The molecule has 0 aromatic heterocycles. The Morgan fingerprint density at radius 1 is 1.57 bits per heavy atom. The summed E-state index contributed by atoms with van der Waals surface area (Å²) in [5.41, 5.74) is 8.40. The zero-order valence-corrected chi connectivity index (χ0v) is 11.7. The van der Waals surface area contributed by atoms with Gasteiger partial charge in [-0.1, -0.05) is 19.4 Å². The van der Waals surface area contributed by atoms with Crippen molar-refractivity contribution < 1.29 is 9.53 Å². The maximum Gasteiger partial charge on any atom is 0.338 e. The second-order valence-corrected chi connectivity index (χ2v) is 4.17. The highest BCUT2D eigenvalue weighted by Gasteiger charge is 2.07. The summed E-state index contributed by atoms with van der Waals surface area (Å²) >= 11 is 0. The number of esters is 1. The summed E-state index contributed by atoms with van der Waals surface area (Å²) < 4.78 is 5.10. The van der Waals surface area contributed by atoms with Crippen LogP contribution in [0.5, 0.6) is 0 Å². The van der Waals surface area contributed by atoms with Crippen molar-refractivity contribution in [3.8, 4) is 6.07 Å². The standard InChI is InChI=1S/C14H17N5O2/c1-2-3-7-21-14(20)10-5-4-6-11(8-10)18-19-12(9-15)13(16)17/h4-6,8,18H,2-3,7H2,1H3,(H3,16,17)/b19-12+. The molecule has 0 saturated heterocycles. The number of nitrogens with one attached hydrogen (secondary N) is 2. The number of ether oxygens (including phenoxy) is 1. The molecule has 0 saturated carbocycles. The van der Waals surface area contributed by atoms with Crippen LogP contribution in [0.3, 0.4) is 0 Å². The van der Waals surface area contributed by atoms with Crippen LogP contribution < -0.4 is 11.2 Å². The second kappa shape index (κ2) is 8.32. The summed E-state index contributed by atoms with van der Waals surface area (Å²) in [4.78, 5) is 11.8. The monoisotopic (exact) mass is 287 g/mol. The number of nitrogens with two attached hydrogens (primary N) is 1. The molecule has 1 rings (SSSR count). The fourth-order valence-electron chi connectivity index (χ4n) is 1.37. The second-order valence-electron chi connectivity index (χ2n) is 4.17. The average molecular weight is 287 g/mol. The molecular weight excluding hydrogens is 270 g/mol.